The number of carbonyl (C=O) groups is 1. The summed E-state index contributed by atoms with van der Waals surface area (Å²) in [6.45, 7) is 0.731. The molecule has 0 aromatic heterocycles. The van der Waals surface area contributed by atoms with Gasteiger partial charge in [-0.3, -0.25) is 10.1 Å². The lowest BCUT2D eigenvalue weighted by molar-refractivity contribution is -0.384. The van der Waals surface area contributed by atoms with Gasteiger partial charge in [-0.25, -0.2) is 4.79 Å². The molecule has 2 N–H and O–H groups in total. The van der Waals surface area contributed by atoms with Gasteiger partial charge in [-0.15, -0.1) is 0 Å². The van der Waals surface area contributed by atoms with Gasteiger partial charge in [0.25, 0.3) is 5.69 Å². The summed E-state index contributed by atoms with van der Waals surface area (Å²) in [5, 5.41) is 22.3. The Balaban J connectivity index is 2.98. The molecule has 0 atom stereocenters. The first-order valence-electron chi connectivity index (χ1n) is 4.80. The van der Waals surface area contributed by atoms with E-state index in [-0.39, 0.29) is 16.9 Å². The van der Waals surface area contributed by atoms with Gasteiger partial charge in [0.15, 0.2) is 0 Å². The number of carboxylic acid groups (broad SMARTS) is 1. The lowest BCUT2D eigenvalue weighted by Gasteiger charge is -2.07. The van der Waals surface area contributed by atoms with Crippen LogP contribution in [0.15, 0.2) is 18.2 Å². The minimum atomic E-state index is -1.13. The van der Waals surface area contributed by atoms with Crippen LogP contribution in [0.3, 0.4) is 0 Å². The summed E-state index contributed by atoms with van der Waals surface area (Å²) >= 11 is 0. The quantitative estimate of drug-likeness (QED) is 0.442. The third-order valence-corrected chi connectivity index (χ3v) is 2.06. The van der Waals surface area contributed by atoms with Crippen LogP contribution < -0.4 is 5.32 Å². The first-order chi connectivity index (χ1) is 8.06. The number of nitro benzene ring substituents is 1. The fourth-order valence-electron chi connectivity index (χ4n) is 1.26. The molecule has 7 heteroatoms. The summed E-state index contributed by atoms with van der Waals surface area (Å²) < 4.78 is 4.79. The van der Waals surface area contributed by atoms with Crippen LogP contribution >= 0.6 is 0 Å². The first kappa shape index (κ1) is 12.9. The van der Waals surface area contributed by atoms with Crippen molar-refractivity contribution in [2.75, 3.05) is 25.6 Å². The minimum Gasteiger partial charge on any atom is -0.478 e. The highest BCUT2D eigenvalue weighted by molar-refractivity contribution is 5.90. The topological polar surface area (TPSA) is 102 Å². The van der Waals surface area contributed by atoms with Gasteiger partial charge in [0.05, 0.1) is 17.1 Å². The molecule has 0 amide bonds. The predicted molar refractivity (Wildman–Crippen MR) is 60.4 cm³/mol. The van der Waals surface area contributed by atoms with E-state index in [9.17, 15) is 14.9 Å². The van der Waals surface area contributed by atoms with Crippen molar-refractivity contribution in [1.82, 2.24) is 0 Å². The zero-order valence-electron chi connectivity index (χ0n) is 9.17. The molecule has 1 aromatic rings. The molecule has 0 fully saturated rings. The molecule has 1 rings (SSSR count). The second-order valence-corrected chi connectivity index (χ2v) is 3.21. The zero-order chi connectivity index (χ0) is 12.8. The summed E-state index contributed by atoms with van der Waals surface area (Å²) in [5.74, 6) is -1.13. The number of methoxy groups -OCH3 is 1. The Morgan fingerprint density at radius 2 is 2.29 bits per heavy atom. The molecule has 0 saturated heterocycles. The fraction of sp³-hybridized carbons (Fsp3) is 0.300. The number of benzene rings is 1. The van der Waals surface area contributed by atoms with Crippen molar-refractivity contribution < 1.29 is 19.6 Å². The van der Waals surface area contributed by atoms with E-state index in [2.05, 4.69) is 5.32 Å². The molecule has 1 aromatic carbocycles. The number of nitro groups is 1. The van der Waals surface area contributed by atoms with Crippen LogP contribution in [0.25, 0.3) is 0 Å². The van der Waals surface area contributed by atoms with Crippen molar-refractivity contribution in [3.63, 3.8) is 0 Å². The number of rotatable bonds is 6. The van der Waals surface area contributed by atoms with Gasteiger partial charge in [0.2, 0.25) is 0 Å². The van der Waals surface area contributed by atoms with Crippen molar-refractivity contribution in [2.24, 2.45) is 0 Å². The molecule has 0 aliphatic carbocycles. The van der Waals surface area contributed by atoms with Crippen LogP contribution in [0.1, 0.15) is 10.4 Å². The molecule has 0 saturated carbocycles. The maximum atomic E-state index is 10.7. The summed E-state index contributed by atoms with van der Waals surface area (Å²) in [4.78, 5) is 20.9. The lowest BCUT2D eigenvalue weighted by Crippen LogP contribution is -2.10. The Labute approximate surface area is 97.2 Å². The van der Waals surface area contributed by atoms with E-state index in [1.165, 1.54) is 25.3 Å². The Morgan fingerprint density at radius 1 is 1.59 bits per heavy atom. The van der Waals surface area contributed by atoms with Crippen LogP contribution in [-0.4, -0.2) is 36.3 Å². The normalized spacial score (nSPS) is 9.94. The van der Waals surface area contributed by atoms with Crippen molar-refractivity contribution in [3.05, 3.63) is 33.9 Å². The average molecular weight is 240 g/mol. The highest BCUT2D eigenvalue weighted by Crippen LogP contribution is 2.25. The van der Waals surface area contributed by atoms with E-state index >= 15 is 0 Å². The van der Waals surface area contributed by atoms with E-state index in [0.717, 1.165) is 0 Å². The highest BCUT2D eigenvalue weighted by atomic mass is 16.6. The number of ether oxygens (including phenoxy) is 1. The third-order valence-electron chi connectivity index (χ3n) is 2.06. The number of carboxylic acids is 1. The van der Waals surface area contributed by atoms with Gasteiger partial charge >= 0.3 is 5.97 Å². The predicted octanol–water partition coefficient (Wildman–Crippen LogP) is 1.35. The Kier molecular flexibility index (Phi) is 4.41. The van der Waals surface area contributed by atoms with Crippen molar-refractivity contribution in [2.45, 2.75) is 0 Å². The first-order valence-corrected chi connectivity index (χ1v) is 4.80. The van der Waals surface area contributed by atoms with Crippen molar-refractivity contribution >= 4 is 17.3 Å². The largest absolute Gasteiger partial charge is 0.478 e. The number of nitrogens with one attached hydrogen (secondary N) is 1. The number of anilines is 1. The molecule has 0 bridgehead atoms. The molecular weight excluding hydrogens is 228 g/mol. The molecule has 0 aliphatic rings. The number of hydrogen-bond donors (Lipinski definition) is 2. The Morgan fingerprint density at radius 3 is 2.82 bits per heavy atom. The number of nitrogens with zero attached hydrogens (tertiary/aromatic N) is 1. The zero-order valence-corrected chi connectivity index (χ0v) is 9.17. The SMILES string of the molecule is COCCNc1cc(C(=O)O)ccc1[N+](=O)[O-]. The fourth-order valence-corrected chi connectivity index (χ4v) is 1.26. The average Bonchev–Trinajstić information content (AvgIpc) is 2.28. The molecule has 17 heavy (non-hydrogen) atoms. The smallest absolute Gasteiger partial charge is 0.335 e. The van der Waals surface area contributed by atoms with Gasteiger partial charge in [-0.1, -0.05) is 0 Å². The van der Waals surface area contributed by atoms with Gasteiger partial charge in [0, 0.05) is 19.7 Å². The van der Waals surface area contributed by atoms with Gasteiger partial charge in [0.1, 0.15) is 5.69 Å². The van der Waals surface area contributed by atoms with Crippen molar-refractivity contribution in [1.29, 1.82) is 0 Å². The van der Waals surface area contributed by atoms with E-state index < -0.39 is 10.9 Å². The Bertz CT molecular complexity index is 433. The highest BCUT2D eigenvalue weighted by Gasteiger charge is 2.15. The third kappa shape index (κ3) is 3.42. The summed E-state index contributed by atoms with van der Waals surface area (Å²) in [7, 11) is 1.50. The Hall–Kier alpha value is -2.15. The van der Waals surface area contributed by atoms with E-state index in [0.29, 0.717) is 13.2 Å². The van der Waals surface area contributed by atoms with Gasteiger partial charge in [-0.2, -0.15) is 0 Å². The van der Waals surface area contributed by atoms with Crippen LogP contribution in [-0.2, 0) is 4.74 Å². The van der Waals surface area contributed by atoms with Crippen LogP contribution in [0, 0.1) is 10.1 Å². The minimum absolute atomic E-state index is 0.00415. The van der Waals surface area contributed by atoms with E-state index in [4.69, 9.17) is 9.84 Å². The number of aromatic carboxylic acids is 1. The monoisotopic (exact) mass is 240 g/mol. The molecule has 92 valence electrons. The molecule has 0 unspecified atom stereocenters. The summed E-state index contributed by atoms with van der Waals surface area (Å²) in [5.41, 5.74) is 0.00794. The van der Waals surface area contributed by atoms with Crippen LogP contribution in [0.2, 0.25) is 0 Å². The summed E-state index contributed by atoms with van der Waals surface area (Å²) in [6, 6.07) is 3.59. The molecule has 0 spiro atoms. The second kappa shape index (κ2) is 5.80. The summed E-state index contributed by atoms with van der Waals surface area (Å²) in [6.07, 6.45) is 0. The standard InChI is InChI=1S/C10H12N2O5/c1-17-5-4-11-8-6-7(10(13)14)2-3-9(8)12(15)16/h2-3,6,11H,4-5H2,1H3,(H,13,14). The molecule has 0 heterocycles. The molecule has 0 aliphatic heterocycles. The van der Waals surface area contributed by atoms with Gasteiger partial charge in [-0.05, 0) is 12.1 Å². The second-order valence-electron chi connectivity index (χ2n) is 3.21. The molecule has 0 radical (unpaired) electrons. The van der Waals surface area contributed by atoms with Crippen molar-refractivity contribution in [3.8, 4) is 0 Å². The maximum Gasteiger partial charge on any atom is 0.335 e. The number of hydrogen-bond acceptors (Lipinski definition) is 5. The molecule has 7 nitrogen and oxygen atoms in total. The van der Waals surface area contributed by atoms with Crippen LogP contribution in [0.4, 0.5) is 11.4 Å². The van der Waals surface area contributed by atoms with E-state index in [1.807, 2.05) is 0 Å². The lowest BCUT2D eigenvalue weighted by atomic mass is 10.1. The molecular formula is C10H12N2O5. The van der Waals surface area contributed by atoms with Crippen LogP contribution in [0.5, 0.6) is 0 Å². The van der Waals surface area contributed by atoms with E-state index in [1.54, 1.807) is 0 Å². The maximum absolute atomic E-state index is 10.7. The van der Waals surface area contributed by atoms with Gasteiger partial charge < -0.3 is 15.2 Å².